The van der Waals surface area contributed by atoms with Crippen molar-refractivity contribution in [3.63, 3.8) is 0 Å². The van der Waals surface area contributed by atoms with E-state index in [-0.39, 0.29) is 11.9 Å². The summed E-state index contributed by atoms with van der Waals surface area (Å²) in [6, 6.07) is 4.85. The van der Waals surface area contributed by atoms with Crippen LogP contribution in [0, 0.1) is 5.82 Å². The molecular weight excluding hydrogens is 247 g/mol. The van der Waals surface area contributed by atoms with Crippen LogP contribution < -0.4 is 10.1 Å². The summed E-state index contributed by atoms with van der Waals surface area (Å²) in [5.74, 6) is 0.807. The Morgan fingerprint density at radius 1 is 1.47 bits per heavy atom. The number of hydrogen-bond donors (Lipinski definition) is 1. The van der Waals surface area contributed by atoms with E-state index in [0.717, 1.165) is 26.0 Å². The highest BCUT2D eigenvalue weighted by Crippen LogP contribution is 2.24. The Bertz CT molecular complexity index is 484. The number of rotatable bonds is 4. The number of nitrogens with zero attached hydrogens (tertiary/aromatic N) is 1. The molecule has 3 rings (SSSR count). The number of aliphatic imine (C=N–C) groups is 1. The summed E-state index contributed by atoms with van der Waals surface area (Å²) in [6.45, 7) is 2.67. The monoisotopic (exact) mass is 264 g/mol. The molecule has 0 bridgehead atoms. The zero-order chi connectivity index (χ0) is 13.1. The van der Waals surface area contributed by atoms with E-state index in [1.807, 2.05) is 0 Å². The van der Waals surface area contributed by atoms with Gasteiger partial charge in [-0.15, -0.1) is 0 Å². The van der Waals surface area contributed by atoms with Gasteiger partial charge in [-0.05, 0) is 25.0 Å². The number of hydrogen-bond acceptors (Lipinski definition) is 4. The van der Waals surface area contributed by atoms with Gasteiger partial charge < -0.3 is 14.8 Å². The van der Waals surface area contributed by atoms with E-state index in [4.69, 9.17) is 9.47 Å². The second-order valence-electron chi connectivity index (χ2n) is 4.72. The predicted octanol–water partition coefficient (Wildman–Crippen LogP) is 1.73. The highest BCUT2D eigenvalue weighted by Gasteiger charge is 2.21. The van der Waals surface area contributed by atoms with Gasteiger partial charge in [0.2, 0.25) is 0 Å². The minimum absolute atomic E-state index is 0.120. The second kappa shape index (κ2) is 5.57. The Kier molecular flexibility index (Phi) is 3.64. The quantitative estimate of drug-likeness (QED) is 0.900. The molecule has 1 saturated heterocycles. The lowest BCUT2D eigenvalue weighted by atomic mass is 10.1. The zero-order valence-corrected chi connectivity index (χ0v) is 10.7. The van der Waals surface area contributed by atoms with Gasteiger partial charge in [0, 0.05) is 13.2 Å². The smallest absolute Gasteiger partial charge is 0.137 e. The second-order valence-corrected chi connectivity index (χ2v) is 4.72. The SMILES string of the molecule is Fc1cccc(OCC2CCCO2)c1C1=NCCN1. The summed E-state index contributed by atoms with van der Waals surface area (Å²) in [4.78, 5) is 4.26. The van der Waals surface area contributed by atoms with Crippen molar-refractivity contribution in [2.45, 2.75) is 18.9 Å². The first-order valence-electron chi connectivity index (χ1n) is 6.66. The molecule has 0 amide bonds. The van der Waals surface area contributed by atoms with E-state index in [1.165, 1.54) is 6.07 Å². The van der Waals surface area contributed by atoms with Gasteiger partial charge >= 0.3 is 0 Å². The molecule has 1 fully saturated rings. The Labute approximate surface area is 111 Å². The zero-order valence-electron chi connectivity index (χ0n) is 10.7. The predicted molar refractivity (Wildman–Crippen MR) is 70.3 cm³/mol. The minimum atomic E-state index is -0.307. The lowest BCUT2D eigenvalue weighted by Crippen LogP contribution is -2.23. The van der Waals surface area contributed by atoms with E-state index < -0.39 is 0 Å². The molecule has 2 aliphatic heterocycles. The van der Waals surface area contributed by atoms with Crippen LogP contribution >= 0.6 is 0 Å². The van der Waals surface area contributed by atoms with E-state index >= 15 is 0 Å². The maximum atomic E-state index is 14.0. The van der Waals surface area contributed by atoms with Crippen molar-refractivity contribution >= 4 is 5.84 Å². The average molecular weight is 264 g/mol. The van der Waals surface area contributed by atoms with Gasteiger partial charge in [-0.2, -0.15) is 0 Å². The summed E-state index contributed by atoms with van der Waals surface area (Å²) in [6.07, 6.45) is 2.19. The molecule has 2 aliphatic rings. The molecule has 1 aromatic carbocycles. The Hall–Kier alpha value is -1.62. The molecule has 0 saturated carbocycles. The van der Waals surface area contributed by atoms with Crippen molar-refractivity contribution in [2.75, 3.05) is 26.3 Å². The summed E-state index contributed by atoms with van der Waals surface area (Å²) in [5, 5.41) is 3.08. The van der Waals surface area contributed by atoms with Crippen LogP contribution in [0.2, 0.25) is 0 Å². The molecule has 2 heterocycles. The number of amidine groups is 1. The molecule has 1 atom stereocenters. The van der Waals surface area contributed by atoms with Gasteiger partial charge in [0.25, 0.3) is 0 Å². The van der Waals surface area contributed by atoms with Crippen molar-refractivity contribution in [2.24, 2.45) is 4.99 Å². The van der Waals surface area contributed by atoms with Crippen molar-refractivity contribution in [3.8, 4) is 5.75 Å². The third kappa shape index (κ3) is 2.71. The maximum Gasteiger partial charge on any atom is 0.137 e. The maximum absolute atomic E-state index is 14.0. The van der Waals surface area contributed by atoms with Crippen LogP contribution in [0.15, 0.2) is 23.2 Å². The van der Waals surface area contributed by atoms with E-state index in [2.05, 4.69) is 10.3 Å². The first-order valence-corrected chi connectivity index (χ1v) is 6.66. The van der Waals surface area contributed by atoms with E-state index in [1.54, 1.807) is 12.1 Å². The first kappa shape index (κ1) is 12.4. The van der Waals surface area contributed by atoms with E-state index in [0.29, 0.717) is 30.3 Å². The highest BCUT2D eigenvalue weighted by molar-refractivity contribution is 6.02. The largest absolute Gasteiger partial charge is 0.490 e. The molecule has 0 aliphatic carbocycles. The topological polar surface area (TPSA) is 42.9 Å². The van der Waals surface area contributed by atoms with Crippen molar-refractivity contribution in [1.29, 1.82) is 0 Å². The molecular formula is C14H17FN2O2. The standard InChI is InChI=1S/C14H17FN2O2/c15-11-4-1-5-12(13(11)14-16-6-7-17-14)19-9-10-3-2-8-18-10/h1,4-5,10H,2-3,6-9H2,(H,16,17). The summed E-state index contributed by atoms with van der Waals surface area (Å²) < 4.78 is 25.2. The Morgan fingerprint density at radius 2 is 2.42 bits per heavy atom. The average Bonchev–Trinajstić information content (AvgIpc) is 3.09. The molecule has 4 nitrogen and oxygen atoms in total. The van der Waals surface area contributed by atoms with Crippen LogP contribution in [0.1, 0.15) is 18.4 Å². The normalized spacial score (nSPS) is 22.2. The van der Waals surface area contributed by atoms with Gasteiger partial charge in [-0.25, -0.2) is 4.39 Å². The molecule has 0 spiro atoms. The highest BCUT2D eigenvalue weighted by atomic mass is 19.1. The Morgan fingerprint density at radius 3 is 3.16 bits per heavy atom. The van der Waals surface area contributed by atoms with Crippen molar-refractivity contribution < 1.29 is 13.9 Å². The summed E-state index contributed by atoms with van der Waals surface area (Å²) >= 11 is 0. The van der Waals surface area contributed by atoms with Crippen LogP contribution in [0.3, 0.4) is 0 Å². The number of halogens is 1. The third-order valence-electron chi connectivity index (χ3n) is 3.34. The molecule has 19 heavy (non-hydrogen) atoms. The Balaban J connectivity index is 1.77. The number of benzene rings is 1. The third-order valence-corrected chi connectivity index (χ3v) is 3.34. The molecule has 0 radical (unpaired) electrons. The van der Waals surface area contributed by atoms with Gasteiger partial charge in [-0.3, -0.25) is 4.99 Å². The number of ether oxygens (including phenoxy) is 2. The fraction of sp³-hybridized carbons (Fsp3) is 0.500. The molecule has 1 N–H and O–H groups in total. The summed E-state index contributed by atoms with van der Waals surface area (Å²) in [7, 11) is 0. The first-order chi connectivity index (χ1) is 9.34. The van der Waals surface area contributed by atoms with E-state index in [9.17, 15) is 4.39 Å². The van der Waals surface area contributed by atoms with Crippen LogP contribution in [0.5, 0.6) is 5.75 Å². The van der Waals surface area contributed by atoms with Crippen molar-refractivity contribution in [1.82, 2.24) is 5.32 Å². The van der Waals surface area contributed by atoms with Crippen LogP contribution in [-0.4, -0.2) is 38.2 Å². The number of nitrogens with one attached hydrogen (secondary N) is 1. The van der Waals surface area contributed by atoms with Crippen LogP contribution in [0.4, 0.5) is 4.39 Å². The molecule has 5 heteroatoms. The van der Waals surface area contributed by atoms with Crippen LogP contribution in [-0.2, 0) is 4.74 Å². The lowest BCUT2D eigenvalue weighted by molar-refractivity contribution is 0.0678. The minimum Gasteiger partial charge on any atom is -0.490 e. The molecule has 1 unspecified atom stereocenters. The summed E-state index contributed by atoms with van der Waals surface area (Å²) in [5.41, 5.74) is 0.429. The van der Waals surface area contributed by atoms with Gasteiger partial charge in [0.1, 0.15) is 24.0 Å². The lowest BCUT2D eigenvalue weighted by Gasteiger charge is -2.15. The fourth-order valence-corrected chi connectivity index (χ4v) is 2.38. The van der Waals surface area contributed by atoms with Gasteiger partial charge in [0.15, 0.2) is 0 Å². The molecule has 1 aromatic rings. The van der Waals surface area contributed by atoms with Gasteiger partial charge in [0.05, 0.1) is 18.2 Å². The van der Waals surface area contributed by atoms with Crippen LogP contribution in [0.25, 0.3) is 0 Å². The van der Waals surface area contributed by atoms with Gasteiger partial charge in [-0.1, -0.05) is 6.07 Å². The molecule has 102 valence electrons. The fourth-order valence-electron chi connectivity index (χ4n) is 2.38. The molecule has 0 aromatic heterocycles. The van der Waals surface area contributed by atoms with Crippen molar-refractivity contribution in [3.05, 3.63) is 29.6 Å².